The first-order valence-corrected chi connectivity index (χ1v) is 6.95. The lowest BCUT2D eigenvalue weighted by atomic mass is 9.95. The van der Waals surface area contributed by atoms with Crippen LogP contribution in [0, 0.1) is 0 Å². The molecule has 0 spiro atoms. The van der Waals surface area contributed by atoms with Crippen LogP contribution in [0.15, 0.2) is 47.6 Å². The molecule has 0 saturated carbocycles. The average molecular weight is 299 g/mol. The molecule has 1 heterocycles. The van der Waals surface area contributed by atoms with Crippen LogP contribution in [0.2, 0.25) is 0 Å². The van der Waals surface area contributed by atoms with E-state index in [1.54, 1.807) is 26.4 Å². The van der Waals surface area contributed by atoms with Crippen molar-refractivity contribution < 1.29 is 19.4 Å². The molecule has 2 aromatic carbocycles. The Bertz CT molecular complexity index is 697. The van der Waals surface area contributed by atoms with Gasteiger partial charge in [0.1, 0.15) is 23.4 Å². The van der Waals surface area contributed by atoms with Crippen LogP contribution in [0.1, 0.15) is 23.7 Å². The minimum atomic E-state index is -0.212. The maximum atomic E-state index is 9.39. The maximum Gasteiger partial charge on any atom is 0.136 e. The van der Waals surface area contributed by atoms with Crippen molar-refractivity contribution in [2.75, 3.05) is 14.2 Å². The van der Waals surface area contributed by atoms with Crippen LogP contribution >= 0.6 is 0 Å². The second-order valence-corrected chi connectivity index (χ2v) is 4.97. The molecule has 0 saturated heterocycles. The predicted octanol–water partition coefficient (Wildman–Crippen LogP) is 3.41. The van der Waals surface area contributed by atoms with E-state index >= 15 is 0 Å². The molecule has 22 heavy (non-hydrogen) atoms. The summed E-state index contributed by atoms with van der Waals surface area (Å²) in [5.74, 6) is 1.78. The largest absolute Gasteiger partial charge is 0.496 e. The van der Waals surface area contributed by atoms with Crippen LogP contribution in [0.4, 0.5) is 0 Å². The highest BCUT2D eigenvalue weighted by molar-refractivity contribution is 6.06. The van der Waals surface area contributed by atoms with Gasteiger partial charge in [-0.25, -0.2) is 0 Å². The van der Waals surface area contributed by atoms with Gasteiger partial charge in [0.2, 0.25) is 0 Å². The van der Waals surface area contributed by atoms with Gasteiger partial charge in [-0.2, -0.15) is 0 Å². The Morgan fingerprint density at radius 2 is 1.91 bits per heavy atom. The molecule has 1 N–H and O–H groups in total. The van der Waals surface area contributed by atoms with Gasteiger partial charge >= 0.3 is 0 Å². The standard InChI is InChI=1S/C17H17NO4/c1-20-12-8-15(21-2)17-13(18-19)10-14(22-16(17)9-12)11-6-4-3-5-7-11/h3-9,14,19H,10H2,1-2H3/b18-13+. The van der Waals surface area contributed by atoms with E-state index in [-0.39, 0.29) is 6.10 Å². The molecule has 1 unspecified atom stereocenters. The normalized spacial score (nSPS) is 18.5. The van der Waals surface area contributed by atoms with Crippen LogP contribution in [-0.2, 0) is 0 Å². The van der Waals surface area contributed by atoms with Crippen LogP contribution in [0.3, 0.4) is 0 Å². The molecule has 0 bridgehead atoms. The van der Waals surface area contributed by atoms with E-state index in [0.29, 0.717) is 34.9 Å². The summed E-state index contributed by atoms with van der Waals surface area (Å²) in [6.07, 6.45) is 0.257. The lowest BCUT2D eigenvalue weighted by Crippen LogP contribution is -2.22. The molecule has 0 aromatic heterocycles. The highest BCUT2D eigenvalue weighted by Gasteiger charge is 2.30. The van der Waals surface area contributed by atoms with Crippen LogP contribution < -0.4 is 14.2 Å². The lowest BCUT2D eigenvalue weighted by Gasteiger charge is -2.28. The second-order valence-electron chi connectivity index (χ2n) is 4.97. The summed E-state index contributed by atoms with van der Waals surface area (Å²) in [5, 5.41) is 12.8. The van der Waals surface area contributed by atoms with Gasteiger partial charge < -0.3 is 19.4 Å². The Kier molecular flexibility index (Phi) is 3.87. The van der Waals surface area contributed by atoms with Crippen molar-refractivity contribution in [3.63, 3.8) is 0 Å². The third-order valence-corrected chi connectivity index (χ3v) is 3.72. The maximum absolute atomic E-state index is 9.39. The predicted molar refractivity (Wildman–Crippen MR) is 82.3 cm³/mol. The monoisotopic (exact) mass is 299 g/mol. The highest BCUT2D eigenvalue weighted by atomic mass is 16.5. The summed E-state index contributed by atoms with van der Waals surface area (Å²) < 4.78 is 16.7. The van der Waals surface area contributed by atoms with Crippen molar-refractivity contribution in [1.29, 1.82) is 0 Å². The molecule has 0 fully saturated rings. The van der Waals surface area contributed by atoms with Gasteiger partial charge in [-0.3, -0.25) is 0 Å². The zero-order valence-electron chi connectivity index (χ0n) is 12.4. The van der Waals surface area contributed by atoms with Crippen molar-refractivity contribution >= 4 is 5.71 Å². The minimum Gasteiger partial charge on any atom is -0.496 e. The first kappa shape index (κ1) is 14.3. The lowest BCUT2D eigenvalue weighted by molar-refractivity contribution is 0.200. The summed E-state index contributed by atoms with van der Waals surface area (Å²) in [5.41, 5.74) is 2.23. The number of nitrogens with zero attached hydrogens (tertiary/aromatic N) is 1. The summed E-state index contributed by atoms with van der Waals surface area (Å²) in [7, 11) is 3.15. The number of benzene rings is 2. The fourth-order valence-electron chi connectivity index (χ4n) is 2.64. The van der Waals surface area contributed by atoms with Gasteiger partial charge in [0.05, 0.1) is 25.5 Å². The molecular weight excluding hydrogens is 282 g/mol. The average Bonchev–Trinajstić information content (AvgIpc) is 2.60. The molecule has 5 heteroatoms. The van der Waals surface area contributed by atoms with E-state index in [9.17, 15) is 5.21 Å². The van der Waals surface area contributed by atoms with Gasteiger partial charge in [-0.1, -0.05) is 35.5 Å². The Labute approximate surface area is 128 Å². The molecule has 5 nitrogen and oxygen atoms in total. The van der Waals surface area contributed by atoms with Crippen LogP contribution in [-0.4, -0.2) is 25.1 Å². The minimum absolute atomic E-state index is 0.212. The Morgan fingerprint density at radius 3 is 2.55 bits per heavy atom. The van der Waals surface area contributed by atoms with E-state index < -0.39 is 0 Å². The molecular formula is C17H17NO4. The Morgan fingerprint density at radius 1 is 1.14 bits per heavy atom. The molecule has 114 valence electrons. The number of oxime groups is 1. The van der Waals surface area contributed by atoms with Crippen molar-refractivity contribution in [2.24, 2.45) is 5.16 Å². The Balaban J connectivity index is 2.08. The van der Waals surface area contributed by atoms with Gasteiger partial charge in [-0.05, 0) is 5.56 Å². The number of ether oxygens (including phenoxy) is 3. The summed E-state index contributed by atoms with van der Waals surface area (Å²) in [4.78, 5) is 0. The number of methoxy groups -OCH3 is 2. The fourth-order valence-corrected chi connectivity index (χ4v) is 2.64. The summed E-state index contributed by atoms with van der Waals surface area (Å²) in [6.45, 7) is 0. The fraction of sp³-hybridized carbons (Fsp3) is 0.235. The van der Waals surface area contributed by atoms with Gasteiger partial charge in [0.15, 0.2) is 0 Å². The molecule has 0 aliphatic carbocycles. The number of hydrogen-bond acceptors (Lipinski definition) is 5. The molecule has 0 amide bonds. The second kappa shape index (κ2) is 5.97. The SMILES string of the molecule is COc1cc(OC)c2c(c1)OC(c1ccccc1)C/C2=N\O. The zero-order valence-corrected chi connectivity index (χ0v) is 12.4. The van der Waals surface area contributed by atoms with E-state index in [1.165, 1.54) is 0 Å². The van der Waals surface area contributed by atoms with Crippen LogP contribution in [0.25, 0.3) is 0 Å². The molecule has 1 aliphatic heterocycles. The zero-order chi connectivity index (χ0) is 15.5. The van der Waals surface area contributed by atoms with Gasteiger partial charge in [0.25, 0.3) is 0 Å². The summed E-state index contributed by atoms with van der Waals surface area (Å²) in [6, 6.07) is 13.4. The summed E-state index contributed by atoms with van der Waals surface area (Å²) >= 11 is 0. The molecule has 1 aliphatic rings. The number of fused-ring (bicyclic) bond motifs is 1. The van der Waals surface area contributed by atoms with Crippen LogP contribution in [0.5, 0.6) is 17.2 Å². The molecule has 0 radical (unpaired) electrons. The van der Waals surface area contributed by atoms with E-state index in [4.69, 9.17) is 14.2 Å². The van der Waals surface area contributed by atoms with Crippen molar-refractivity contribution in [2.45, 2.75) is 12.5 Å². The molecule has 3 rings (SSSR count). The first-order chi connectivity index (χ1) is 10.8. The smallest absolute Gasteiger partial charge is 0.136 e. The van der Waals surface area contributed by atoms with E-state index in [1.807, 2.05) is 30.3 Å². The Hall–Kier alpha value is -2.69. The quantitative estimate of drug-likeness (QED) is 0.697. The molecule has 2 aromatic rings. The highest BCUT2D eigenvalue weighted by Crippen LogP contribution is 2.42. The third kappa shape index (κ3) is 2.45. The topological polar surface area (TPSA) is 60.3 Å². The van der Waals surface area contributed by atoms with Crippen molar-refractivity contribution in [3.8, 4) is 17.2 Å². The van der Waals surface area contributed by atoms with E-state index in [2.05, 4.69) is 5.16 Å². The van der Waals surface area contributed by atoms with Gasteiger partial charge in [-0.15, -0.1) is 0 Å². The molecule has 1 atom stereocenters. The van der Waals surface area contributed by atoms with E-state index in [0.717, 1.165) is 5.56 Å². The van der Waals surface area contributed by atoms with Crippen molar-refractivity contribution in [3.05, 3.63) is 53.6 Å². The first-order valence-electron chi connectivity index (χ1n) is 6.95. The number of hydrogen-bond donors (Lipinski definition) is 1. The van der Waals surface area contributed by atoms with Crippen molar-refractivity contribution in [1.82, 2.24) is 0 Å². The van der Waals surface area contributed by atoms with Gasteiger partial charge in [0, 0.05) is 18.6 Å². The third-order valence-electron chi connectivity index (χ3n) is 3.72. The number of rotatable bonds is 3.